The summed E-state index contributed by atoms with van der Waals surface area (Å²) in [7, 11) is 0. The molecule has 0 spiro atoms. The SMILES string of the molecule is NC1CCCC1CCN1CC=CCC1. The molecule has 2 N–H and O–H groups in total. The predicted molar refractivity (Wildman–Crippen MR) is 60.1 cm³/mol. The van der Waals surface area contributed by atoms with E-state index in [-0.39, 0.29) is 0 Å². The lowest BCUT2D eigenvalue weighted by atomic mass is 10.00. The Balaban J connectivity index is 1.68. The van der Waals surface area contributed by atoms with E-state index in [0.29, 0.717) is 6.04 Å². The molecule has 1 aliphatic carbocycles. The number of nitrogens with zero attached hydrogens (tertiary/aromatic N) is 1. The van der Waals surface area contributed by atoms with Crippen LogP contribution in [0.5, 0.6) is 0 Å². The van der Waals surface area contributed by atoms with E-state index in [1.165, 1.54) is 45.2 Å². The van der Waals surface area contributed by atoms with Gasteiger partial charge in [0.25, 0.3) is 0 Å². The highest BCUT2D eigenvalue weighted by atomic mass is 15.1. The van der Waals surface area contributed by atoms with Gasteiger partial charge in [0.15, 0.2) is 0 Å². The molecule has 1 saturated carbocycles. The quantitative estimate of drug-likeness (QED) is 0.694. The third kappa shape index (κ3) is 2.58. The summed E-state index contributed by atoms with van der Waals surface area (Å²) in [5, 5.41) is 0. The highest BCUT2D eigenvalue weighted by molar-refractivity contribution is 4.91. The highest BCUT2D eigenvalue weighted by Gasteiger charge is 2.23. The molecular formula is C12H22N2. The van der Waals surface area contributed by atoms with Crippen molar-refractivity contribution >= 4 is 0 Å². The normalized spacial score (nSPS) is 33.8. The maximum atomic E-state index is 6.06. The van der Waals surface area contributed by atoms with Gasteiger partial charge in [0.05, 0.1) is 0 Å². The first-order valence-electron chi connectivity index (χ1n) is 5.99. The molecule has 1 heterocycles. The summed E-state index contributed by atoms with van der Waals surface area (Å²) < 4.78 is 0. The molecule has 14 heavy (non-hydrogen) atoms. The van der Waals surface area contributed by atoms with Crippen molar-refractivity contribution < 1.29 is 0 Å². The Morgan fingerprint density at radius 1 is 1.29 bits per heavy atom. The monoisotopic (exact) mass is 194 g/mol. The molecule has 0 radical (unpaired) electrons. The molecule has 1 fully saturated rings. The second kappa shape index (κ2) is 4.94. The van der Waals surface area contributed by atoms with Gasteiger partial charge in [0, 0.05) is 19.1 Å². The minimum absolute atomic E-state index is 0.496. The average molecular weight is 194 g/mol. The molecule has 2 unspecified atom stereocenters. The fourth-order valence-electron chi connectivity index (χ4n) is 2.67. The van der Waals surface area contributed by atoms with Crippen LogP contribution in [0.1, 0.15) is 32.1 Å². The smallest absolute Gasteiger partial charge is 0.0163 e. The number of rotatable bonds is 3. The van der Waals surface area contributed by atoms with Gasteiger partial charge in [-0.15, -0.1) is 0 Å². The zero-order valence-corrected chi connectivity index (χ0v) is 8.99. The molecule has 2 nitrogen and oxygen atoms in total. The van der Waals surface area contributed by atoms with Gasteiger partial charge in [-0.05, 0) is 38.1 Å². The molecule has 0 bridgehead atoms. The first-order chi connectivity index (χ1) is 6.86. The largest absolute Gasteiger partial charge is 0.327 e. The maximum absolute atomic E-state index is 6.06. The van der Waals surface area contributed by atoms with Crippen molar-refractivity contribution in [3.63, 3.8) is 0 Å². The van der Waals surface area contributed by atoms with Gasteiger partial charge in [-0.2, -0.15) is 0 Å². The summed E-state index contributed by atoms with van der Waals surface area (Å²) in [5.41, 5.74) is 6.06. The third-order valence-electron chi connectivity index (χ3n) is 3.68. The Morgan fingerprint density at radius 3 is 2.86 bits per heavy atom. The third-order valence-corrected chi connectivity index (χ3v) is 3.68. The van der Waals surface area contributed by atoms with Crippen LogP contribution in [0.15, 0.2) is 12.2 Å². The number of nitrogens with two attached hydrogens (primary N) is 1. The summed E-state index contributed by atoms with van der Waals surface area (Å²) >= 11 is 0. The second-order valence-electron chi connectivity index (χ2n) is 4.70. The Morgan fingerprint density at radius 2 is 2.21 bits per heavy atom. The summed E-state index contributed by atoms with van der Waals surface area (Å²) in [6, 6.07) is 0.496. The van der Waals surface area contributed by atoms with Crippen molar-refractivity contribution in [2.75, 3.05) is 19.6 Å². The lowest BCUT2D eigenvalue weighted by Gasteiger charge is -2.25. The molecular weight excluding hydrogens is 172 g/mol. The van der Waals surface area contributed by atoms with Crippen molar-refractivity contribution in [2.45, 2.75) is 38.1 Å². The van der Waals surface area contributed by atoms with Crippen LogP contribution in [-0.4, -0.2) is 30.6 Å². The fourth-order valence-corrected chi connectivity index (χ4v) is 2.67. The van der Waals surface area contributed by atoms with Crippen LogP contribution in [0.25, 0.3) is 0 Å². The fraction of sp³-hybridized carbons (Fsp3) is 0.833. The summed E-state index contributed by atoms with van der Waals surface area (Å²) in [5.74, 6) is 0.806. The highest BCUT2D eigenvalue weighted by Crippen LogP contribution is 2.27. The van der Waals surface area contributed by atoms with Crippen LogP contribution in [0, 0.1) is 5.92 Å². The minimum Gasteiger partial charge on any atom is -0.327 e. The molecule has 0 saturated heterocycles. The zero-order chi connectivity index (χ0) is 9.80. The van der Waals surface area contributed by atoms with Gasteiger partial charge in [-0.1, -0.05) is 18.6 Å². The standard InChI is InChI=1S/C12H22N2/c13-12-6-4-5-11(12)7-10-14-8-2-1-3-9-14/h1-2,11-12H,3-10,13H2. The van der Waals surface area contributed by atoms with Crippen LogP contribution in [0.4, 0.5) is 0 Å². The Kier molecular flexibility index (Phi) is 3.60. The maximum Gasteiger partial charge on any atom is 0.0163 e. The topological polar surface area (TPSA) is 29.3 Å². The summed E-state index contributed by atoms with van der Waals surface area (Å²) in [6.07, 6.45) is 11.1. The molecule has 2 rings (SSSR count). The Labute approximate surface area is 87.2 Å². The molecule has 2 atom stereocenters. The van der Waals surface area contributed by atoms with Crippen molar-refractivity contribution in [2.24, 2.45) is 11.7 Å². The van der Waals surface area contributed by atoms with E-state index < -0.39 is 0 Å². The average Bonchev–Trinajstić information content (AvgIpc) is 2.63. The van der Waals surface area contributed by atoms with Crippen molar-refractivity contribution in [3.8, 4) is 0 Å². The molecule has 1 aliphatic heterocycles. The van der Waals surface area contributed by atoms with E-state index >= 15 is 0 Å². The van der Waals surface area contributed by atoms with Crippen molar-refractivity contribution in [3.05, 3.63) is 12.2 Å². The number of hydrogen-bond donors (Lipinski definition) is 1. The molecule has 2 heteroatoms. The number of hydrogen-bond acceptors (Lipinski definition) is 2. The first-order valence-corrected chi connectivity index (χ1v) is 5.99. The van der Waals surface area contributed by atoms with E-state index in [1.54, 1.807) is 0 Å². The molecule has 80 valence electrons. The molecule has 0 aromatic carbocycles. The van der Waals surface area contributed by atoms with E-state index in [0.717, 1.165) is 12.5 Å². The van der Waals surface area contributed by atoms with Crippen molar-refractivity contribution in [1.82, 2.24) is 4.90 Å². The Hall–Kier alpha value is -0.340. The van der Waals surface area contributed by atoms with Crippen molar-refractivity contribution in [1.29, 1.82) is 0 Å². The van der Waals surface area contributed by atoms with Gasteiger partial charge in [-0.3, -0.25) is 4.90 Å². The molecule has 0 amide bonds. The Bertz CT molecular complexity index is 200. The van der Waals surface area contributed by atoms with E-state index in [2.05, 4.69) is 17.1 Å². The van der Waals surface area contributed by atoms with Gasteiger partial charge in [0.1, 0.15) is 0 Å². The lowest BCUT2D eigenvalue weighted by molar-refractivity contribution is 0.266. The lowest BCUT2D eigenvalue weighted by Crippen LogP contribution is -2.32. The van der Waals surface area contributed by atoms with Crippen LogP contribution in [0.2, 0.25) is 0 Å². The van der Waals surface area contributed by atoms with E-state index in [4.69, 9.17) is 5.73 Å². The van der Waals surface area contributed by atoms with Gasteiger partial charge in [-0.25, -0.2) is 0 Å². The predicted octanol–water partition coefficient (Wildman–Crippen LogP) is 1.77. The molecule has 0 aromatic rings. The van der Waals surface area contributed by atoms with E-state index in [1.807, 2.05) is 0 Å². The van der Waals surface area contributed by atoms with Gasteiger partial charge >= 0.3 is 0 Å². The second-order valence-corrected chi connectivity index (χ2v) is 4.70. The van der Waals surface area contributed by atoms with Gasteiger partial charge < -0.3 is 5.73 Å². The molecule has 2 aliphatic rings. The summed E-state index contributed by atoms with van der Waals surface area (Å²) in [6.45, 7) is 3.66. The van der Waals surface area contributed by atoms with Crippen LogP contribution >= 0.6 is 0 Å². The van der Waals surface area contributed by atoms with Crippen LogP contribution in [-0.2, 0) is 0 Å². The first kappa shape index (κ1) is 10.2. The minimum atomic E-state index is 0.496. The van der Waals surface area contributed by atoms with Crippen LogP contribution < -0.4 is 5.73 Å². The van der Waals surface area contributed by atoms with Gasteiger partial charge in [0.2, 0.25) is 0 Å². The van der Waals surface area contributed by atoms with E-state index in [9.17, 15) is 0 Å². The van der Waals surface area contributed by atoms with Crippen LogP contribution in [0.3, 0.4) is 0 Å². The zero-order valence-electron chi connectivity index (χ0n) is 8.99. The molecule has 0 aromatic heterocycles. The summed E-state index contributed by atoms with van der Waals surface area (Å²) in [4.78, 5) is 2.55.